The summed E-state index contributed by atoms with van der Waals surface area (Å²) in [7, 11) is 1.50. The number of ether oxygens (including phenoxy) is 2. The summed E-state index contributed by atoms with van der Waals surface area (Å²) in [6, 6.07) is 12.9. The lowest BCUT2D eigenvalue weighted by molar-refractivity contribution is -0.128. The highest BCUT2D eigenvalue weighted by atomic mass is 16.6. The molecule has 5 rings (SSSR count). The van der Waals surface area contributed by atoms with Crippen LogP contribution in [0, 0.1) is 0 Å². The van der Waals surface area contributed by atoms with Gasteiger partial charge in [0.1, 0.15) is 12.1 Å². The quantitative estimate of drug-likeness (QED) is 0.409. The fourth-order valence-corrected chi connectivity index (χ4v) is 4.40. The van der Waals surface area contributed by atoms with E-state index in [2.05, 4.69) is 26.8 Å². The maximum absolute atomic E-state index is 13.1. The van der Waals surface area contributed by atoms with Gasteiger partial charge in [-0.1, -0.05) is 12.6 Å². The number of carbonyl (C=O) groups is 2. The topological polar surface area (TPSA) is 110 Å². The van der Waals surface area contributed by atoms with Gasteiger partial charge in [-0.15, -0.1) is 0 Å². The fourth-order valence-electron chi connectivity index (χ4n) is 4.40. The average Bonchev–Trinajstić information content (AvgIpc) is 2.92. The molecule has 0 unspecified atom stereocenters. The van der Waals surface area contributed by atoms with Gasteiger partial charge in [-0.3, -0.25) is 9.78 Å². The Hall–Kier alpha value is -4.73. The van der Waals surface area contributed by atoms with Crippen LogP contribution in [0.25, 0.3) is 21.8 Å². The number of pyridine rings is 1. The predicted octanol–water partition coefficient (Wildman–Crippen LogP) is 4.15. The third kappa shape index (κ3) is 4.86. The second kappa shape index (κ2) is 10.1. The Morgan fingerprint density at radius 3 is 2.73 bits per heavy atom. The van der Waals surface area contributed by atoms with E-state index in [-0.39, 0.29) is 17.7 Å². The monoisotopic (exact) mass is 498 g/mol. The number of aromatic nitrogens is 3. The molecular weight excluding hydrogens is 472 g/mol. The molecule has 2 aromatic heterocycles. The van der Waals surface area contributed by atoms with E-state index in [1.807, 2.05) is 37.3 Å². The van der Waals surface area contributed by atoms with Crippen LogP contribution in [0.3, 0.4) is 0 Å². The minimum absolute atomic E-state index is 0.154. The van der Waals surface area contributed by atoms with Crippen molar-refractivity contribution in [1.82, 2.24) is 24.8 Å². The van der Waals surface area contributed by atoms with Crippen LogP contribution >= 0.6 is 0 Å². The van der Waals surface area contributed by atoms with Gasteiger partial charge in [0.05, 0.1) is 18.1 Å². The van der Waals surface area contributed by atoms with Crippen molar-refractivity contribution in [3.05, 3.63) is 67.6 Å². The van der Waals surface area contributed by atoms with E-state index in [0.29, 0.717) is 42.1 Å². The van der Waals surface area contributed by atoms with E-state index in [1.54, 1.807) is 28.1 Å². The van der Waals surface area contributed by atoms with Crippen molar-refractivity contribution < 1.29 is 19.1 Å². The second-order valence-corrected chi connectivity index (χ2v) is 8.68. The van der Waals surface area contributed by atoms with Crippen LogP contribution in [-0.4, -0.2) is 69.5 Å². The molecule has 1 saturated heterocycles. The summed E-state index contributed by atoms with van der Waals surface area (Å²) in [5, 5.41) is 4.98. The Morgan fingerprint density at radius 1 is 1.08 bits per heavy atom. The van der Waals surface area contributed by atoms with Crippen LogP contribution in [0.1, 0.15) is 6.92 Å². The van der Waals surface area contributed by atoms with E-state index in [1.165, 1.54) is 19.5 Å². The number of amides is 2. The maximum Gasteiger partial charge on any atom is 0.415 e. The highest BCUT2D eigenvalue weighted by Crippen LogP contribution is 2.35. The number of nitrogens with one attached hydrogen (secondary N) is 1. The van der Waals surface area contributed by atoms with Gasteiger partial charge in [0.2, 0.25) is 5.91 Å². The van der Waals surface area contributed by atoms with Gasteiger partial charge in [-0.2, -0.15) is 0 Å². The molecule has 10 heteroatoms. The van der Waals surface area contributed by atoms with E-state index in [0.717, 1.165) is 16.6 Å². The van der Waals surface area contributed by atoms with E-state index < -0.39 is 6.09 Å². The Balaban J connectivity index is 1.41. The Bertz CT molecular complexity index is 1510. The summed E-state index contributed by atoms with van der Waals surface area (Å²) >= 11 is 0. The van der Waals surface area contributed by atoms with Crippen LogP contribution in [0.4, 0.5) is 16.3 Å². The van der Waals surface area contributed by atoms with Gasteiger partial charge in [0.25, 0.3) is 0 Å². The first-order valence-electron chi connectivity index (χ1n) is 11.8. The highest BCUT2D eigenvalue weighted by molar-refractivity contribution is 5.94. The van der Waals surface area contributed by atoms with Crippen LogP contribution in [0.5, 0.6) is 11.5 Å². The van der Waals surface area contributed by atoms with Crippen molar-refractivity contribution in [2.75, 3.05) is 32.1 Å². The number of benzene rings is 2. The predicted molar refractivity (Wildman–Crippen MR) is 140 cm³/mol. The summed E-state index contributed by atoms with van der Waals surface area (Å²) < 4.78 is 11.3. The summed E-state index contributed by atoms with van der Waals surface area (Å²) in [6.45, 7) is 6.56. The Morgan fingerprint density at radius 2 is 1.95 bits per heavy atom. The number of nitrogens with zero attached hydrogens (tertiary/aromatic N) is 5. The molecule has 1 aliphatic rings. The zero-order valence-corrected chi connectivity index (χ0v) is 20.5. The number of methoxy groups -OCH3 is 1. The lowest BCUT2D eigenvalue weighted by Gasteiger charge is -2.38. The number of anilines is 2. The molecule has 2 amide bonds. The summed E-state index contributed by atoms with van der Waals surface area (Å²) in [5.74, 6) is 1.02. The van der Waals surface area contributed by atoms with Crippen molar-refractivity contribution in [2.24, 2.45) is 0 Å². The number of hydrogen-bond donors (Lipinski definition) is 1. The molecule has 0 spiro atoms. The number of fused-ring (bicyclic) bond motifs is 2. The molecule has 10 nitrogen and oxygen atoms in total. The molecule has 0 saturated carbocycles. The molecule has 188 valence electrons. The molecule has 1 N–H and O–H groups in total. The molecule has 2 aromatic carbocycles. The third-order valence-corrected chi connectivity index (χ3v) is 6.33. The van der Waals surface area contributed by atoms with Gasteiger partial charge in [-0.25, -0.2) is 14.8 Å². The largest absolute Gasteiger partial charge is 0.493 e. The molecule has 1 atom stereocenters. The molecule has 0 aliphatic carbocycles. The minimum Gasteiger partial charge on any atom is -0.493 e. The number of rotatable bonds is 5. The van der Waals surface area contributed by atoms with E-state index >= 15 is 0 Å². The molecule has 1 fully saturated rings. The normalized spacial score (nSPS) is 15.5. The van der Waals surface area contributed by atoms with Gasteiger partial charge < -0.3 is 24.6 Å². The van der Waals surface area contributed by atoms with Crippen molar-refractivity contribution >= 4 is 45.3 Å². The Kier molecular flexibility index (Phi) is 6.55. The highest BCUT2D eigenvalue weighted by Gasteiger charge is 2.30. The van der Waals surface area contributed by atoms with Crippen LogP contribution in [-0.2, 0) is 4.79 Å². The lowest BCUT2D eigenvalue weighted by Crippen LogP contribution is -2.55. The molecule has 3 heterocycles. The fraction of sp³-hybridized carbons (Fsp3) is 0.222. The van der Waals surface area contributed by atoms with Crippen molar-refractivity contribution in [2.45, 2.75) is 13.0 Å². The Labute approximate surface area is 213 Å². The number of piperazine rings is 1. The average molecular weight is 499 g/mol. The van der Waals surface area contributed by atoms with Crippen LogP contribution in [0.2, 0.25) is 0 Å². The zero-order chi connectivity index (χ0) is 25.9. The summed E-state index contributed by atoms with van der Waals surface area (Å²) in [6.07, 6.45) is 3.97. The van der Waals surface area contributed by atoms with Crippen molar-refractivity contribution in [3.8, 4) is 11.5 Å². The zero-order valence-electron chi connectivity index (χ0n) is 20.5. The SMILES string of the molecule is C=CC(=O)N1CCN(C(=O)Oc2cc3c(Nc4ccc5ncccc5c4)ncnc3cc2OC)[C@H](C)C1. The van der Waals surface area contributed by atoms with Gasteiger partial charge in [0.15, 0.2) is 11.5 Å². The first-order valence-corrected chi connectivity index (χ1v) is 11.8. The number of carbonyl (C=O) groups excluding carboxylic acids is 2. The molecule has 1 aliphatic heterocycles. The first-order chi connectivity index (χ1) is 18.0. The second-order valence-electron chi connectivity index (χ2n) is 8.68. The maximum atomic E-state index is 13.1. The number of hydrogen-bond acceptors (Lipinski definition) is 8. The van der Waals surface area contributed by atoms with Gasteiger partial charge in [0, 0.05) is 54.4 Å². The smallest absolute Gasteiger partial charge is 0.415 e. The van der Waals surface area contributed by atoms with Crippen LogP contribution < -0.4 is 14.8 Å². The molecule has 0 radical (unpaired) electrons. The first kappa shape index (κ1) is 24.0. The lowest BCUT2D eigenvalue weighted by atomic mass is 10.1. The van der Waals surface area contributed by atoms with Crippen LogP contribution in [0.15, 0.2) is 67.6 Å². The van der Waals surface area contributed by atoms with Gasteiger partial charge >= 0.3 is 6.09 Å². The standard InChI is InChI=1S/C27H26N6O4/c1-4-25(34)32-10-11-33(17(2)15-32)27(35)37-24-13-20-22(14-23(24)36-3)29-16-30-26(20)31-19-7-8-21-18(12-19)6-5-9-28-21/h4-9,12-14,16-17H,1,10-11,15H2,2-3H3,(H,29,30,31)/t17-/m1/s1. The summed E-state index contributed by atoms with van der Waals surface area (Å²) in [5.41, 5.74) is 2.35. The third-order valence-electron chi connectivity index (χ3n) is 6.33. The molecular formula is C27H26N6O4. The molecule has 37 heavy (non-hydrogen) atoms. The minimum atomic E-state index is -0.524. The van der Waals surface area contributed by atoms with E-state index in [9.17, 15) is 9.59 Å². The van der Waals surface area contributed by atoms with Crippen molar-refractivity contribution in [1.29, 1.82) is 0 Å². The molecule has 0 bridgehead atoms. The van der Waals surface area contributed by atoms with Gasteiger partial charge in [-0.05, 0) is 43.3 Å². The van der Waals surface area contributed by atoms with E-state index in [4.69, 9.17) is 9.47 Å². The molecule has 4 aromatic rings. The summed E-state index contributed by atoms with van der Waals surface area (Å²) in [4.78, 5) is 41.4. The van der Waals surface area contributed by atoms with Crippen molar-refractivity contribution in [3.63, 3.8) is 0 Å².